The zero-order valence-electron chi connectivity index (χ0n) is 7.46. The van der Waals surface area contributed by atoms with Crippen LogP contribution >= 0.6 is 15.9 Å². The molecule has 1 aromatic heterocycles. The fourth-order valence-electron chi connectivity index (χ4n) is 1.27. The van der Waals surface area contributed by atoms with Crippen molar-refractivity contribution in [1.82, 2.24) is 0 Å². The maximum absolute atomic E-state index is 13.2. The Morgan fingerprint density at radius 3 is 2.87 bits per heavy atom. The molecule has 5 heteroatoms. The van der Waals surface area contributed by atoms with Crippen LogP contribution < -0.4 is 5.43 Å². The van der Waals surface area contributed by atoms with Crippen LogP contribution in [0.5, 0.6) is 0 Å². The fourth-order valence-corrected chi connectivity index (χ4v) is 1.60. The summed E-state index contributed by atoms with van der Waals surface area (Å²) in [5, 5.41) is 8.97. The lowest BCUT2D eigenvalue weighted by Crippen LogP contribution is -2.08. The molecule has 0 saturated carbocycles. The van der Waals surface area contributed by atoms with Crippen molar-refractivity contribution in [3.05, 3.63) is 44.5 Å². The second kappa shape index (κ2) is 3.75. The average Bonchev–Trinajstić information content (AvgIpc) is 2.22. The van der Waals surface area contributed by atoms with Crippen molar-refractivity contribution in [2.24, 2.45) is 0 Å². The van der Waals surface area contributed by atoms with E-state index >= 15 is 0 Å². The van der Waals surface area contributed by atoms with E-state index in [1.54, 1.807) is 0 Å². The second-order valence-electron chi connectivity index (χ2n) is 3.01. The van der Waals surface area contributed by atoms with Crippen LogP contribution in [0.3, 0.4) is 0 Å². The Labute approximate surface area is 92.3 Å². The Balaban J connectivity index is 2.88. The molecule has 0 aliphatic rings. The highest BCUT2D eigenvalue weighted by molar-refractivity contribution is 9.10. The number of halogens is 2. The first-order valence-corrected chi connectivity index (χ1v) is 4.93. The van der Waals surface area contributed by atoms with E-state index in [4.69, 9.17) is 9.52 Å². The van der Waals surface area contributed by atoms with Crippen LogP contribution in [0.1, 0.15) is 5.56 Å². The number of fused-ring (bicyclic) bond motifs is 1. The first kappa shape index (κ1) is 10.3. The topological polar surface area (TPSA) is 50.4 Å². The van der Waals surface area contributed by atoms with Crippen LogP contribution in [0.25, 0.3) is 11.0 Å². The van der Waals surface area contributed by atoms with E-state index in [9.17, 15) is 9.18 Å². The van der Waals surface area contributed by atoms with Gasteiger partial charge in [0.15, 0.2) is 5.43 Å². The second-order valence-corrected chi connectivity index (χ2v) is 3.86. The lowest BCUT2D eigenvalue weighted by Gasteiger charge is -2.00. The Morgan fingerprint density at radius 2 is 2.20 bits per heavy atom. The van der Waals surface area contributed by atoms with Crippen LogP contribution in [0.4, 0.5) is 4.39 Å². The number of aliphatic hydroxyl groups excluding tert-OH is 1. The summed E-state index contributed by atoms with van der Waals surface area (Å²) in [5.41, 5.74) is -0.0140. The van der Waals surface area contributed by atoms with Crippen LogP contribution in [-0.2, 0) is 6.61 Å². The molecule has 2 aromatic rings. The minimum Gasteiger partial charge on any atom is -0.464 e. The Bertz CT molecular complexity index is 577. The molecule has 78 valence electrons. The highest BCUT2D eigenvalue weighted by Crippen LogP contribution is 2.21. The highest BCUT2D eigenvalue weighted by Gasteiger charge is 2.09. The minimum atomic E-state index is -0.537. The van der Waals surface area contributed by atoms with E-state index in [1.807, 2.05) is 0 Å². The first-order valence-electron chi connectivity index (χ1n) is 4.14. The van der Waals surface area contributed by atoms with Crippen molar-refractivity contribution in [2.45, 2.75) is 6.61 Å². The molecule has 0 amide bonds. The molecule has 2 rings (SSSR count). The molecule has 0 atom stereocenters. The Morgan fingerprint density at radius 1 is 1.47 bits per heavy atom. The van der Waals surface area contributed by atoms with E-state index in [0.717, 1.165) is 6.07 Å². The highest BCUT2D eigenvalue weighted by atomic mass is 79.9. The van der Waals surface area contributed by atoms with Crippen LogP contribution in [0.2, 0.25) is 0 Å². The molecule has 1 N–H and O–H groups in total. The summed E-state index contributed by atoms with van der Waals surface area (Å²) in [6, 6.07) is 2.47. The third-order valence-corrected chi connectivity index (χ3v) is 2.66. The maximum atomic E-state index is 13.2. The van der Waals surface area contributed by atoms with Crippen LogP contribution in [0.15, 0.2) is 32.1 Å². The van der Waals surface area contributed by atoms with Gasteiger partial charge in [0.05, 0.1) is 22.0 Å². The molecule has 15 heavy (non-hydrogen) atoms. The summed E-state index contributed by atoms with van der Waals surface area (Å²) >= 11 is 2.99. The van der Waals surface area contributed by atoms with E-state index in [1.165, 1.54) is 12.3 Å². The summed E-state index contributed by atoms with van der Waals surface area (Å²) in [7, 11) is 0. The smallest absolute Gasteiger partial charge is 0.198 e. The van der Waals surface area contributed by atoms with Gasteiger partial charge in [-0.1, -0.05) is 0 Å². The summed E-state index contributed by atoms with van der Waals surface area (Å²) < 4.78 is 18.5. The molecule has 3 nitrogen and oxygen atoms in total. The Hall–Kier alpha value is -1.20. The predicted octanol–water partition coefficient (Wildman–Crippen LogP) is 2.19. The van der Waals surface area contributed by atoms with Gasteiger partial charge in [-0.3, -0.25) is 4.79 Å². The maximum Gasteiger partial charge on any atom is 0.198 e. The molecule has 0 bridgehead atoms. The van der Waals surface area contributed by atoms with Gasteiger partial charge in [0.2, 0.25) is 0 Å². The van der Waals surface area contributed by atoms with Crippen molar-refractivity contribution in [2.75, 3.05) is 0 Å². The molecule has 0 spiro atoms. The average molecular weight is 273 g/mol. The molecular formula is C10H6BrFO3. The zero-order chi connectivity index (χ0) is 11.0. The normalized spacial score (nSPS) is 10.9. The van der Waals surface area contributed by atoms with Gasteiger partial charge < -0.3 is 9.52 Å². The summed E-state index contributed by atoms with van der Waals surface area (Å²) in [6.45, 7) is -0.421. The molecule has 0 aliphatic carbocycles. The van der Waals surface area contributed by atoms with Gasteiger partial charge in [-0.15, -0.1) is 0 Å². The molecule has 1 aromatic carbocycles. The van der Waals surface area contributed by atoms with Crippen LogP contribution in [0, 0.1) is 5.82 Å². The Kier molecular flexibility index (Phi) is 2.58. The van der Waals surface area contributed by atoms with Crippen molar-refractivity contribution in [3.63, 3.8) is 0 Å². The number of rotatable bonds is 1. The van der Waals surface area contributed by atoms with Crippen LogP contribution in [-0.4, -0.2) is 5.11 Å². The molecule has 0 unspecified atom stereocenters. The molecule has 0 radical (unpaired) electrons. The van der Waals surface area contributed by atoms with E-state index in [0.29, 0.717) is 0 Å². The van der Waals surface area contributed by atoms with Crippen molar-refractivity contribution >= 4 is 26.9 Å². The quantitative estimate of drug-likeness (QED) is 0.866. The standard InChI is InChI=1S/C10H6BrFO3/c11-7-2-9-6(1-8(7)12)10(14)5(3-13)4-15-9/h1-2,4,13H,3H2. The van der Waals surface area contributed by atoms with Gasteiger partial charge in [-0.05, 0) is 28.1 Å². The molecule has 0 saturated heterocycles. The largest absolute Gasteiger partial charge is 0.464 e. The van der Waals surface area contributed by atoms with Gasteiger partial charge in [-0.25, -0.2) is 4.39 Å². The van der Waals surface area contributed by atoms with Gasteiger partial charge in [-0.2, -0.15) is 0 Å². The minimum absolute atomic E-state index is 0.115. The lowest BCUT2D eigenvalue weighted by atomic mass is 10.2. The molecular weight excluding hydrogens is 267 g/mol. The fraction of sp³-hybridized carbons (Fsp3) is 0.100. The number of hydrogen-bond acceptors (Lipinski definition) is 3. The molecule has 0 aliphatic heterocycles. The monoisotopic (exact) mass is 272 g/mol. The third kappa shape index (κ3) is 1.68. The van der Waals surface area contributed by atoms with E-state index in [-0.39, 0.29) is 21.0 Å². The number of aliphatic hydroxyl groups is 1. The third-order valence-electron chi connectivity index (χ3n) is 2.06. The van der Waals surface area contributed by atoms with Gasteiger partial charge in [0.25, 0.3) is 0 Å². The summed E-state index contributed by atoms with van der Waals surface area (Å²) in [5.74, 6) is -0.537. The predicted molar refractivity (Wildman–Crippen MR) is 56.1 cm³/mol. The van der Waals surface area contributed by atoms with E-state index < -0.39 is 17.9 Å². The van der Waals surface area contributed by atoms with Gasteiger partial charge >= 0.3 is 0 Å². The van der Waals surface area contributed by atoms with Gasteiger partial charge in [0, 0.05) is 0 Å². The molecule has 0 fully saturated rings. The molecule has 1 heterocycles. The zero-order valence-corrected chi connectivity index (χ0v) is 9.04. The lowest BCUT2D eigenvalue weighted by molar-refractivity contribution is 0.277. The van der Waals surface area contributed by atoms with Crippen molar-refractivity contribution in [1.29, 1.82) is 0 Å². The van der Waals surface area contributed by atoms with Crippen molar-refractivity contribution < 1.29 is 13.9 Å². The number of benzene rings is 1. The van der Waals surface area contributed by atoms with Crippen molar-refractivity contribution in [3.8, 4) is 0 Å². The summed E-state index contributed by atoms with van der Waals surface area (Å²) in [6.07, 6.45) is 1.18. The van der Waals surface area contributed by atoms with Gasteiger partial charge in [0.1, 0.15) is 17.7 Å². The SMILES string of the molecule is O=c1c(CO)coc2cc(Br)c(F)cc12. The first-order chi connectivity index (χ1) is 7.13. The van der Waals surface area contributed by atoms with E-state index in [2.05, 4.69) is 15.9 Å². The number of hydrogen-bond donors (Lipinski definition) is 1. The summed E-state index contributed by atoms with van der Waals surface area (Å²) in [4.78, 5) is 11.6.